The van der Waals surface area contributed by atoms with Gasteiger partial charge in [0.2, 0.25) is 0 Å². The second-order valence-corrected chi connectivity index (χ2v) is 3.76. The first-order valence-electron chi connectivity index (χ1n) is 3.65. The third-order valence-corrected chi connectivity index (χ3v) is 2.32. The lowest BCUT2D eigenvalue weighted by atomic mass is 10.2. The van der Waals surface area contributed by atoms with Gasteiger partial charge in [0.25, 0.3) is 0 Å². The van der Waals surface area contributed by atoms with E-state index in [-0.39, 0.29) is 0 Å². The summed E-state index contributed by atoms with van der Waals surface area (Å²) >= 11 is 0.385. The second kappa shape index (κ2) is 3.80. The maximum Gasteiger partial charge on any atom is 0.360 e. The van der Waals surface area contributed by atoms with Crippen molar-refractivity contribution in [3.05, 3.63) is 29.8 Å². The second-order valence-electron chi connectivity index (χ2n) is 2.58. The molecule has 1 aromatic rings. The highest BCUT2D eigenvalue weighted by molar-refractivity contribution is 8.00. The highest BCUT2D eigenvalue weighted by Gasteiger charge is 2.26. The van der Waals surface area contributed by atoms with E-state index in [9.17, 15) is 8.78 Å². The maximum atomic E-state index is 12.7. The van der Waals surface area contributed by atoms with Gasteiger partial charge in [-0.25, -0.2) is 0 Å². The van der Waals surface area contributed by atoms with Crippen molar-refractivity contribution in [3.8, 4) is 12.3 Å². The lowest BCUT2D eigenvalue weighted by Crippen LogP contribution is -2.04. The molecule has 3 heteroatoms. The molecule has 13 heavy (non-hydrogen) atoms. The summed E-state index contributed by atoms with van der Waals surface area (Å²) in [6, 6.07) is 6.81. The molecule has 0 aliphatic carbocycles. The van der Waals surface area contributed by atoms with Crippen LogP contribution in [0.4, 0.5) is 8.78 Å². The lowest BCUT2D eigenvalue weighted by Gasteiger charge is -2.07. The van der Waals surface area contributed by atoms with Crippen LogP contribution in [0, 0.1) is 19.3 Å². The van der Waals surface area contributed by atoms with Gasteiger partial charge in [0, 0.05) is 4.90 Å². The molecule has 0 fully saturated rings. The standard InChI is InChI=1S/C10H8F2S/c1-3-10(11,12)13-9-6-4-8(2)5-7-9/h1,4-7H,2H3. The molecule has 1 aromatic carbocycles. The number of rotatable bonds is 2. The number of terminal acetylenes is 1. The van der Waals surface area contributed by atoms with Crippen LogP contribution in [0.1, 0.15) is 5.56 Å². The van der Waals surface area contributed by atoms with Gasteiger partial charge in [0.1, 0.15) is 0 Å². The van der Waals surface area contributed by atoms with Crippen LogP contribution in [-0.4, -0.2) is 5.25 Å². The van der Waals surface area contributed by atoms with Gasteiger partial charge in [-0.05, 0) is 36.7 Å². The smallest absolute Gasteiger partial charge is 0.180 e. The Morgan fingerprint density at radius 3 is 2.31 bits per heavy atom. The van der Waals surface area contributed by atoms with E-state index in [4.69, 9.17) is 0 Å². The zero-order valence-electron chi connectivity index (χ0n) is 7.05. The number of alkyl halides is 2. The molecular formula is C10H8F2S. The summed E-state index contributed by atoms with van der Waals surface area (Å²) in [7, 11) is 0. The number of benzene rings is 1. The van der Waals surface area contributed by atoms with E-state index < -0.39 is 5.25 Å². The summed E-state index contributed by atoms with van der Waals surface area (Å²) in [5.41, 5.74) is 1.04. The van der Waals surface area contributed by atoms with Crippen molar-refractivity contribution < 1.29 is 8.78 Å². The van der Waals surface area contributed by atoms with Gasteiger partial charge in [-0.2, -0.15) is 8.78 Å². The van der Waals surface area contributed by atoms with Crippen LogP contribution >= 0.6 is 11.8 Å². The SMILES string of the molecule is C#CC(F)(F)Sc1ccc(C)cc1. The van der Waals surface area contributed by atoms with E-state index in [2.05, 4.69) is 6.42 Å². The molecule has 1 rings (SSSR count). The fraction of sp³-hybridized carbons (Fsp3) is 0.200. The molecule has 0 amide bonds. The molecule has 0 aromatic heterocycles. The van der Waals surface area contributed by atoms with E-state index in [1.54, 1.807) is 24.3 Å². The number of hydrogen-bond acceptors (Lipinski definition) is 1. The quantitative estimate of drug-likeness (QED) is 0.519. The van der Waals surface area contributed by atoms with Crippen molar-refractivity contribution in [1.29, 1.82) is 0 Å². The molecular weight excluding hydrogens is 190 g/mol. The molecule has 0 atom stereocenters. The van der Waals surface area contributed by atoms with Crippen molar-refractivity contribution in [3.63, 3.8) is 0 Å². The lowest BCUT2D eigenvalue weighted by molar-refractivity contribution is 0.174. The van der Waals surface area contributed by atoms with E-state index in [1.165, 1.54) is 5.92 Å². The van der Waals surface area contributed by atoms with Gasteiger partial charge in [0.15, 0.2) is 0 Å². The molecule has 0 nitrogen and oxygen atoms in total. The predicted molar refractivity (Wildman–Crippen MR) is 50.8 cm³/mol. The Morgan fingerprint density at radius 2 is 1.85 bits per heavy atom. The molecule has 0 spiro atoms. The van der Waals surface area contributed by atoms with Gasteiger partial charge in [0.05, 0.1) is 0 Å². The molecule has 68 valence electrons. The summed E-state index contributed by atoms with van der Waals surface area (Å²) in [4.78, 5) is 0.480. The van der Waals surface area contributed by atoms with E-state index in [0.29, 0.717) is 16.7 Å². The average Bonchev–Trinajstić information content (AvgIpc) is 2.09. The molecule has 0 radical (unpaired) electrons. The van der Waals surface area contributed by atoms with Gasteiger partial charge in [-0.3, -0.25) is 0 Å². The Kier molecular flexibility index (Phi) is 2.94. The number of aryl methyl sites for hydroxylation is 1. The first-order valence-corrected chi connectivity index (χ1v) is 4.46. The summed E-state index contributed by atoms with van der Waals surface area (Å²) in [6.45, 7) is 1.90. The largest absolute Gasteiger partial charge is 0.360 e. The Hall–Kier alpha value is -1.01. The Balaban J connectivity index is 2.77. The van der Waals surface area contributed by atoms with E-state index in [0.717, 1.165) is 5.56 Å². The summed E-state index contributed by atoms with van der Waals surface area (Å²) in [5, 5.41) is -3.12. The Morgan fingerprint density at radius 1 is 1.31 bits per heavy atom. The predicted octanol–water partition coefficient (Wildman–Crippen LogP) is 3.31. The molecule has 0 saturated heterocycles. The van der Waals surface area contributed by atoms with Crippen LogP contribution in [0.5, 0.6) is 0 Å². The van der Waals surface area contributed by atoms with Gasteiger partial charge < -0.3 is 0 Å². The maximum absolute atomic E-state index is 12.7. The van der Waals surface area contributed by atoms with Crippen molar-refractivity contribution >= 4 is 11.8 Å². The summed E-state index contributed by atoms with van der Waals surface area (Å²) in [6.07, 6.45) is 4.66. The van der Waals surface area contributed by atoms with Crippen LogP contribution < -0.4 is 0 Å². The monoisotopic (exact) mass is 198 g/mol. The number of halogens is 2. The number of hydrogen-bond donors (Lipinski definition) is 0. The van der Waals surface area contributed by atoms with Gasteiger partial charge in [-0.1, -0.05) is 17.7 Å². The molecule has 0 unspecified atom stereocenters. The molecule has 0 aliphatic rings. The Bertz CT molecular complexity index is 322. The summed E-state index contributed by atoms with van der Waals surface area (Å²) < 4.78 is 25.3. The molecule has 0 aliphatic heterocycles. The Labute approximate surface area is 80.3 Å². The molecule has 0 N–H and O–H groups in total. The van der Waals surface area contributed by atoms with E-state index >= 15 is 0 Å². The van der Waals surface area contributed by atoms with Crippen molar-refractivity contribution in [1.82, 2.24) is 0 Å². The van der Waals surface area contributed by atoms with Gasteiger partial charge in [-0.15, -0.1) is 6.42 Å². The minimum atomic E-state index is -3.12. The highest BCUT2D eigenvalue weighted by Crippen LogP contribution is 2.34. The van der Waals surface area contributed by atoms with Crippen LogP contribution in [0.15, 0.2) is 29.2 Å². The highest BCUT2D eigenvalue weighted by atomic mass is 32.2. The minimum absolute atomic E-state index is 0.385. The van der Waals surface area contributed by atoms with Crippen LogP contribution in [0.25, 0.3) is 0 Å². The van der Waals surface area contributed by atoms with Crippen molar-refractivity contribution in [2.75, 3.05) is 0 Å². The topological polar surface area (TPSA) is 0 Å². The fourth-order valence-electron chi connectivity index (χ4n) is 0.784. The first-order chi connectivity index (χ1) is 6.03. The van der Waals surface area contributed by atoms with Crippen LogP contribution in [0.3, 0.4) is 0 Å². The van der Waals surface area contributed by atoms with Gasteiger partial charge >= 0.3 is 5.25 Å². The third kappa shape index (κ3) is 3.08. The third-order valence-electron chi connectivity index (χ3n) is 1.44. The molecule has 0 saturated carbocycles. The van der Waals surface area contributed by atoms with Crippen LogP contribution in [0.2, 0.25) is 0 Å². The zero-order valence-corrected chi connectivity index (χ0v) is 7.87. The average molecular weight is 198 g/mol. The molecule has 0 bridgehead atoms. The fourth-order valence-corrected chi connectivity index (χ4v) is 1.41. The molecule has 0 heterocycles. The summed E-state index contributed by atoms with van der Waals surface area (Å²) in [5.74, 6) is 1.43. The number of thioether (sulfide) groups is 1. The minimum Gasteiger partial charge on any atom is -0.180 e. The zero-order chi connectivity index (χ0) is 9.90. The van der Waals surface area contributed by atoms with Crippen molar-refractivity contribution in [2.24, 2.45) is 0 Å². The van der Waals surface area contributed by atoms with Crippen LogP contribution in [-0.2, 0) is 0 Å². The van der Waals surface area contributed by atoms with E-state index in [1.807, 2.05) is 6.92 Å². The normalized spacial score (nSPS) is 10.9. The van der Waals surface area contributed by atoms with Crippen molar-refractivity contribution in [2.45, 2.75) is 17.1 Å². The first kappa shape index (κ1) is 10.1.